The summed E-state index contributed by atoms with van der Waals surface area (Å²) in [6.07, 6.45) is 1.95. The lowest BCUT2D eigenvalue weighted by Gasteiger charge is -1.98. The molecule has 2 rings (SSSR count). The molecule has 0 aliphatic heterocycles. The third kappa shape index (κ3) is 2.71. The Balaban J connectivity index is 2.11. The molecule has 0 bridgehead atoms. The molecule has 2 aromatic heterocycles. The molecule has 0 N–H and O–H groups in total. The van der Waals surface area contributed by atoms with Gasteiger partial charge in [0.05, 0.1) is 24.4 Å². The molecule has 0 amide bonds. The van der Waals surface area contributed by atoms with Gasteiger partial charge in [-0.25, -0.2) is 4.98 Å². The van der Waals surface area contributed by atoms with Crippen molar-refractivity contribution in [2.75, 3.05) is 6.61 Å². The fraction of sp³-hybridized carbons (Fsp3) is 0.364. The number of hydrogen-bond acceptors (Lipinski definition) is 5. The van der Waals surface area contributed by atoms with Crippen LogP contribution in [0.5, 0.6) is 0 Å². The monoisotopic (exact) mass is 251 g/mol. The van der Waals surface area contributed by atoms with Gasteiger partial charge in [0.15, 0.2) is 0 Å². The number of aromatic nitrogens is 3. The fourth-order valence-corrected chi connectivity index (χ4v) is 2.32. The normalized spacial score (nSPS) is 10.5. The van der Waals surface area contributed by atoms with Crippen LogP contribution in [0.4, 0.5) is 0 Å². The minimum Gasteiger partial charge on any atom is -0.466 e. The maximum absolute atomic E-state index is 11.3. The molecule has 0 aliphatic carbocycles. The maximum atomic E-state index is 11.3. The van der Waals surface area contributed by atoms with E-state index < -0.39 is 0 Å². The van der Waals surface area contributed by atoms with Gasteiger partial charge >= 0.3 is 5.97 Å². The van der Waals surface area contributed by atoms with E-state index in [4.69, 9.17) is 4.74 Å². The number of carbonyl (C=O) groups excluding carboxylic acids is 1. The number of nitrogens with zero attached hydrogens (tertiary/aromatic N) is 3. The van der Waals surface area contributed by atoms with Crippen molar-refractivity contribution in [3.8, 4) is 10.7 Å². The van der Waals surface area contributed by atoms with Crippen molar-refractivity contribution in [3.63, 3.8) is 0 Å². The fourth-order valence-electron chi connectivity index (χ4n) is 1.45. The van der Waals surface area contributed by atoms with Crippen LogP contribution in [-0.4, -0.2) is 27.3 Å². The average Bonchev–Trinajstić information content (AvgIpc) is 2.87. The summed E-state index contributed by atoms with van der Waals surface area (Å²) in [5.41, 5.74) is 1.69. The topological polar surface area (TPSA) is 57.0 Å². The highest BCUT2D eigenvalue weighted by Crippen LogP contribution is 2.22. The predicted molar refractivity (Wildman–Crippen MR) is 64.7 cm³/mol. The molecule has 0 radical (unpaired) electrons. The number of hydrogen-bond donors (Lipinski definition) is 0. The summed E-state index contributed by atoms with van der Waals surface area (Å²) in [7, 11) is 1.86. The first-order valence-corrected chi connectivity index (χ1v) is 6.17. The maximum Gasteiger partial charge on any atom is 0.311 e. The number of esters is 1. The van der Waals surface area contributed by atoms with Gasteiger partial charge in [-0.05, 0) is 13.0 Å². The van der Waals surface area contributed by atoms with Crippen molar-refractivity contribution in [2.45, 2.75) is 13.3 Å². The zero-order valence-corrected chi connectivity index (χ0v) is 10.5. The largest absolute Gasteiger partial charge is 0.466 e. The molecule has 0 saturated carbocycles. The zero-order chi connectivity index (χ0) is 12.3. The molecule has 0 atom stereocenters. The third-order valence-corrected chi connectivity index (χ3v) is 3.14. The number of aryl methyl sites for hydroxylation is 1. The summed E-state index contributed by atoms with van der Waals surface area (Å²) in [6, 6.07) is 1.90. The van der Waals surface area contributed by atoms with Gasteiger partial charge in [-0.3, -0.25) is 9.48 Å². The van der Waals surface area contributed by atoms with Gasteiger partial charge in [0.1, 0.15) is 5.01 Å². The van der Waals surface area contributed by atoms with Crippen LogP contribution in [0.3, 0.4) is 0 Å². The van der Waals surface area contributed by atoms with Crippen molar-refractivity contribution >= 4 is 17.3 Å². The van der Waals surface area contributed by atoms with E-state index in [1.165, 1.54) is 11.3 Å². The Hall–Kier alpha value is -1.69. The van der Waals surface area contributed by atoms with Crippen LogP contribution in [-0.2, 0) is 23.0 Å². The molecule has 17 heavy (non-hydrogen) atoms. The first-order valence-electron chi connectivity index (χ1n) is 5.29. The standard InChI is InChI=1S/C11H13N3O2S/c1-3-16-10(15)6-8-7-17-11(13-8)9-4-5-12-14(9)2/h4-5,7H,3,6H2,1-2H3. The summed E-state index contributed by atoms with van der Waals surface area (Å²) in [5.74, 6) is -0.241. The quantitative estimate of drug-likeness (QED) is 0.775. The number of carbonyl (C=O) groups is 1. The number of thiazole rings is 1. The summed E-state index contributed by atoms with van der Waals surface area (Å²) in [6.45, 7) is 2.19. The molecule has 2 heterocycles. The van der Waals surface area contributed by atoms with E-state index in [1.54, 1.807) is 17.8 Å². The van der Waals surface area contributed by atoms with Crippen LogP contribution in [0.1, 0.15) is 12.6 Å². The summed E-state index contributed by atoms with van der Waals surface area (Å²) in [5, 5.41) is 6.82. The average molecular weight is 251 g/mol. The first kappa shape index (κ1) is 11.8. The van der Waals surface area contributed by atoms with E-state index in [2.05, 4.69) is 10.1 Å². The molecule has 5 nitrogen and oxygen atoms in total. The Labute approximate surface area is 103 Å². The van der Waals surface area contributed by atoms with E-state index in [9.17, 15) is 4.79 Å². The van der Waals surface area contributed by atoms with Crippen molar-refractivity contribution < 1.29 is 9.53 Å². The molecule has 6 heteroatoms. The molecule has 0 unspecified atom stereocenters. The zero-order valence-electron chi connectivity index (χ0n) is 9.71. The Bertz CT molecular complexity index is 518. The lowest BCUT2D eigenvalue weighted by molar-refractivity contribution is -0.142. The van der Waals surface area contributed by atoms with E-state index in [0.29, 0.717) is 6.61 Å². The van der Waals surface area contributed by atoms with Gasteiger partial charge in [-0.15, -0.1) is 11.3 Å². The van der Waals surface area contributed by atoms with Gasteiger partial charge in [-0.2, -0.15) is 5.10 Å². The van der Waals surface area contributed by atoms with Crippen LogP contribution >= 0.6 is 11.3 Å². The minimum atomic E-state index is -0.241. The third-order valence-electron chi connectivity index (χ3n) is 2.22. The molecule has 0 aliphatic rings. The van der Waals surface area contributed by atoms with E-state index >= 15 is 0 Å². The molecule has 0 spiro atoms. The van der Waals surface area contributed by atoms with Crippen molar-refractivity contribution in [1.29, 1.82) is 0 Å². The van der Waals surface area contributed by atoms with E-state index in [1.807, 2.05) is 18.5 Å². The van der Waals surface area contributed by atoms with Crippen LogP contribution in [0.25, 0.3) is 10.7 Å². The molecule has 0 aromatic carbocycles. The van der Waals surface area contributed by atoms with Gasteiger partial charge in [0.2, 0.25) is 0 Å². The van der Waals surface area contributed by atoms with E-state index in [0.717, 1.165) is 16.4 Å². The molecular formula is C11H13N3O2S. The van der Waals surface area contributed by atoms with Crippen molar-refractivity contribution in [1.82, 2.24) is 14.8 Å². The highest BCUT2D eigenvalue weighted by molar-refractivity contribution is 7.13. The number of ether oxygens (including phenoxy) is 1. The molecule has 90 valence electrons. The SMILES string of the molecule is CCOC(=O)Cc1csc(-c2ccnn2C)n1. The Kier molecular flexibility index (Phi) is 3.53. The van der Waals surface area contributed by atoms with Crippen LogP contribution in [0.2, 0.25) is 0 Å². The molecule has 2 aromatic rings. The summed E-state index contributed by atoms with van der Waals surface area (Å²) >= 11 is 1.50. The molecule has 0 fully saturated rings. The summed E-state index contributed by atoms with van der Waals surface area (Å²) < 4.78 is 6.63. The lowest BCUT2D eigenvalue weighted by atomic mass is 10.3. The van der Waals surface area contributed by atoms with Crippen LogP contribution < -0.4 is 0 Å². The van der Waals surface area contributed by atoms with Crippen LogP contribution in [0, 0.1) is 0 Å². The molecular weight excluding hydrogens is 238 g/mol. The number of rotatable bonds is 4. The predicted octanol–water partition coefficient (Wildman–Crippen LogP) is 1.65. The second-order valence-electron chi connectivity index (χ2n) is 3.47. The van der Waals surface area contributed by atoms with Gasteiger partial charge in [-0.1, -0.05) is 0 Å². The molecule has 0 saturated heterocycles. The van der Waals surface area contributed by atoms with Crippen LogP contribution in [0.15, 0.2) is 17.6 Å². The second kappa shape index (κ2) is 5.09. The smallest absolute Gasteiger partial charge is 0.311 e. The first-order chi connectivity index (χ1) is 8.20. The Morgan fingerprint density at radius 3 is 3.06 bits per heavy atom. The Morgan fingerprint density at radius 2 is 2.41 bits per heavy atom. The van der Waals surface area contributed by atoms with Gasteiger partial charge in [0.25, 0.3) is 0 Å². The summed E-state index contributed by atoms with van der Waals surface area (Å²) in [4.78, 5) is 15.7. The highest BCUT2D eigenvalue weighted by atomic mass is 32.1. The van der Waals surface area contributed by atoms with Crippen molar-refractivity contribution in [3.05, 3.63) is 23.3 Å². The highest BCUT2D eigenvalue weighted by Gasteiger charge is 2.11. The van der Waals surface area contributed by atoms with Gasteiger partial charge < -0.3 is 4.74 Å². The van der Waals surface area contributed by atoms with Crippen molar-refractivity contribution in [2.24, 2.45) is 7.05 Å². The van der Waals surface area contributed by atoms with E-state index in [-0.39, 0.29) is 12.4 Å². The lowest BCUT2D eigenvalue weighted by Crippen LogP contribution is -2.07. The Morgan fingerprint density at radius 1 is 1.59 bits per heavy atom. The minimum absolute atomic E-state index is 0.224. The second-order valence-corrected chi connectivity index (χ2v) is 4.32. The van der Waals surface area contributed by atoms with Gasteiger partial charge in [0, 0.05) is 18.6 Å².